The number of rotatable bonds is 7. The summed E-state index contributed by atoms with van der Waals surface area (Å²) in [7, 11) is 0. The number of aromatic amines is 1. The van der Waals surface area contributed by atoms with E-state index in [4.69, 9.17) is 9.47 Å². The monoisotopic (exact) mass is 475 g/mol. The molecule has 2 atom stereocenters. The summed E-state index contributed by atoms with van der Waals surface area (Å²) in [5.74, 6) is -1.03. The molecule has 11 nitrogen and oxygen atoms in total. The van der Waals surface area contributed by atoms with Gasteiger partial charge in [0.2, 0.25) is 0 Å². The number of hydrogen-bond acceptors (Lipinski definition) is 7. The number of amides is 2. The highest BCUT2D eigenvalue weighted by Crippen LogP contribution is 2.41. The first-order valence-electron chi connectivity index (χ1n) is 8.96. The molecule has 29 heavy (non-hydrogen) atoms. The van der Waals surface area contributed by atoms with Crippen molar-refractivity contribution in [2.75, 3.05) is 26.2 Å². The predicted octanol–water partition coefficient (Wildman–Crippen LogP) is 0.243. The molecule has 0 aromatic carbocycles. The topological polar surface area (TPSA) is 137 Å². The summed E-state index contributed by atoms with van der Waals surface area (Å²) in [5, 5.41) is 2.53. The van der Waals surface area contributed by atoms with Gasteiger partial charge in [-0.15, -0.1) is 0 Å². The van der Waals surface area contributed by atoms with E-state index in [-0.39, 0.29) is 30.7 Å². The Labute approximate surface area is 174 Å². The molecule has 1 aliphatic rings. The van der Waals surface area contributed by atoms with Gasteiger partial charge in [-0.3, -0.25) is 9.78 Å². The van der Waals surface area contributed by atoms with Crippen LogP contribution in [0.25, 0.3) is 0 Å². The Morgan fingerprint density at radius 1 is 1.31 bits per heavy atom. The standard InChI is InChI=1S/C17H23BrN4O7/c1-5-28-11(23)9-22(7-6-19-16(27)29-17(2,3)4)13(14(22)25)21-8-10(18)12(24)20-15(21)26/h8,13H,5-7,9H2,1-4H3,(H-,19,20,24,26,27)/p+1. The molecule has 1 aromatic rings. The summed E-state index contributed by atoms with van der Waals surface area (Å²) >= 11 is 3.02. The minimum atomic E-state index is -1.01. The highest BCUT2D eigenvalue weighted by molar-refractivity contribution is 9.10. The maximum absolute atomic E-state index is 12.7. The number of carbonyl (C=O) groups is 3. The molecule has 12 heteroatoms. The molecule has 1 fully saturated rings. The first-order chi connectivity index (χ1) is 13.4. The minimum absolute atomic E-state index is 0.0236. The Morgan fingerprint density at radius 3 is 2.55 bits per heavy atom. The molecule has 160 valence electrons. The molecule has 2 amide bonds. The molecule has 1 saturated heterocycles. The van der Waals surface area contributed by atoms with E-state index in [2.05, 4.69) is 26.2 Å². The maximum Gasteiger partial charge on any atom is 0.407 e. The quantitative estimate of drug-likeness (QED) is 0.327. The fourth-order valence-electron chi connectivity index (χ4n) is 2.91. The first kappa shape index (κ1) is 22.8. The molecule has 0 spiro atoms. The van der Waals surface area contributed by atoms with Gasteiger partial charge in [0.25, 0.3) is 11.7 Å². The summed E-state index contributed by atoms with van der Waals surface area (Å²) in [6.07, 6.45) is -0.474. The van der Waals surface area contributed by atoms with Crippen LogP contribution in [0.1, 0.15) is 33.9 Å². The van der Waals surface area contributed by atoms with Gasteiger partial charge in [-0.1, -0.05) is 0 Å². The number of nitrogens with zero attached hydrogens (tertiary/aromatic N) is 2. The van der Waals surface area contributed by atoms with Gasteiger partial charge >= 0.3 is 23.7 Å². The molecule has 2 N–H and O–H groups in total. The number of halogens is 1. The number of quaternary nitrogens is 1. The Balaban J connectivity index is 2.22. The van der Waals surface area contributed by atoms with E-state index >= 15 is 0 Å². The number of carbonyl (C=O) groups excluding carboxylic acids is 3. The van der Waals surface area contributed by atoms with Crippen molar-refractivity contribution in [1.29, 1.82) is 0 Å². The van der Waals surface area contributed by atoms with Crippen LogP contribution in [0.5, 0.6) is 0 Å². The second-order valence-electron chi connectivity index (χ2n) is 7.50. The van der Waals surface area contributed by atoms with Crippen molar-refractivity contribution in [1.82, 2.24) is 14.9 Å². The number of ether oxygens (including phenoxy) is 2. The third kappa shape index (κ3) is 5.32. The Morgan fingerprint density at radius 2 is 1.97 bits per heavy atom. The zero-order valence-electron chi connectivity index (χ0n) is 16.6. The highest BCUT2D eigenvalue weighted by atomic mass is 79.9. The van der Waals surface area contributed by atoms with Crippen molar-refractivity contribution < 1.29 is 28.3 Å². The Bertz CT molecular complexity index is 933. The van der Waals surface area contributed by atoms with Gasteiger partial charge in [-0.2, -0.15) is 0 Å². The van der Waals surface area contributed by atoms with Crippen molar-refractivity contribution >= 4 is 33.9 Å². The van der Waals surface area contributed by atoms with Crippen LogP contribution in [-0.4, -0.2) is 63.8 Å². The SMILES string of the molecule is CCOC(=O)C[N+]1(CCNC(=O)OC(C)(C)C)C(=O)C1n1cc(Br)c(=O)[nH]c1=O. The van der Waals surface area contributed by atoms with Gasteiger partial charge in [-0.05, 0) is 43.6 Å². The van der Waals surface area contributed by atoms with Crippen LogP contribution < -0.4 is 16.6 Å². The van der Waals surface area contributed by atoms with Gasteiger partial charge in [0.1, 0.15) is 12.1 Å². The van der Waals surface area contributed by atoms with E-state index < -0.39 is 45.5 Å². The van der Waals surface area contributed by atoms with Gasteiger partial charge in [-0.25, -0.2) is 28.2 Å². The normalized spacial score (nSPS) is 20.9. The van der Waals surface area contributed by atoms with Gasteiger partial charge in [0.15, 0.2) is 6.54 Å². The minimum Gasteiger partial charge on any atom is -0.462 e. The summed E-state index contributed by atoms with van der Waals surface area (Å²) < 4.78 is 10.8. The lowest BCUT2D eigenvalue weighted by molar-refractivity contribution is -0.779. The zero-order valence-corrected chi connectivity index (χ0v) is 18.2. The van der Waals surface area contributed by atoms with Gasteiger partial charge < -0.3 is 14.8 Å². The van der Waals surface area contributed by atoms with Crippen LogP contribution in [0.2, 0.25) is 0 Å². The van der Waals surface area contributed by atoms with Crippen LogP contribution in [0, 0.1) is 0 Å². The van der Waals surface area contributed by atoms with E-state index in [9.17, 15) is 24.0 Å². The lowest BCUT2D eigenvalue weighted by atomic mass is 10.2. The molecule has 1 aliphatic heterocycles. The average molecular weight is 476 g/mol. The maximum atomic E-state index is 12.7. The van der Waals surface area contributed by atoms with Crippen molar-refractivity contribution in [3.8, 4) is 0 Å². The van der Waals surface area contributed by atoms with Gasteiger partial charge in [0.05, 0.1) is 17.6 Å². The summed E-state index contributed by atoms with van der Waals surface area (Å²) in [6.45, 7) is 6.66. The number of alkyl carbamates (subject to hydrolysis) is 1. The van der Waals surface area contributed by atoms with E-state index in [1.165, 1.54) is 6.20 Å². The third-order valence-electron chi connectivity index (χ3n) is 4.14. The van der Waals surface area contributed by atoms with E-state index in [0.717, 1.165) is 4.57 Å². The predicted molar refractivity (Wildman–Crippen MR) is 104 cm³/mol. The smallest absolute Gasteiger partial charge is 0.407 e. The molecular weight excluding hydrogens is 452 g/mol. The molecular formula is C17H24BrN4O7+. The van der Waals surface area contributed by atoms with E-state index in [0.29, 0.717) is 0 Å². The van der Waals surface area contributed by atoms with Gasteiger partial charge in [0, 0.05) is 6.20 Å². The first-order valence-corrected chi connectivity index (χ1v) is 9.75. The van der Waals surface area contributed by atoms with Crippen molar-refractivity contribution in [2.24, 2.45) is 0 Å². The van der Waals surface area contributed by atoms with Crippen LogP contribution in [0.4, 0.5) is 4.79 Å². The van der Waals surface area contributed by atoms with E-state index in [1.54, 1.807) is 27.7 Å². The fraction of sp³-hybridized carbons (Fsp3) is 0.588. The Kier molecular flexibility index (Phi) is 6.68. The second-order valence-corrected chi connectivity index (χ2v) is 8.36. The van der Waals surface area contributed by atoms with Crippen LogP contribution in [0.3, 0.4) is 0 Å². The summed E-state index contributed by atoms with van der Waals surface area (Å²) in [6, 6.07) is 0. The number of H-pyrrole nitrogens is 1. The van der Waals surface area contributed by atoms with Crippen molar-refractivity contribution in [3.05, 3.63) is 31.5 Å². The average Bonchev–Trinajstić information content (AvgIpc) is 3.12. The molecule has 2 heterocycles. The molecule has 1 aromatic heterocycles. The van der Waals surface area contributed by atoms with Crippen molar-refractivity contribution in [3.63, 3.8) is 0 Å². The largest absolute Gasteiger partial charge is 0.462 e. The number of esters is 1. The molecule has 0 bridgehead atoms. The zero-order chi connectivity index (χ0) is 22.0. The lowest BCUT2D eigenvalue weighted by Gasteiger charge is -2.21. The van der Waals surface area contributed by atoms with Crippen LogP contribution in [-0.2, 0) is 19.1 Å². The number of aromatic nitrogens is 2. The molecule has 0 saturated carbocycles. The Hall–Kier alpha value is -2.47. The number of nitrogens with one attached hydrogen (secondary N) is 2. The van der Waals surface area contributed by atoms with Crippen molar-refractivity contribution in [2.45, 2.75) is 39.5 Å². The number of hydrogen-bond donors (Lipinski definition) is 2. The van der Waals surface area contributed by atoms with E-state index in [1.807, 2.05) is 0 Å². The lowest BCUT2D eigenvalue weighted by Crippen LogP contribution is -2.44. The molecule has 2 unspecified atom stereocenters. The fourth-order valence-corrected chi connectivity index (χ4v) is 3.22. The second kappa shape index (κ2) is 8.49. The summed E-state index contributed by atoms with van der Waals surface area (Å²) in [4.78, 5) is 62.4. The molecule has 0 aliphatic carbocycles. The highest BCUT2D eigenvalue weighted by Gasteiger charge is 2.70. The van der Waals surface area contributed by atoms with Crippen LogP contribution >= 0.6 is 15.9 Å². The third-order valence-corrected chi connectivity index (χ3v) is 4.71. The molecule has 0 radical (unpaired) electrons. The molecule has 2 rings (SSSR count). The van der Waals surface area contributed by atoms with Crippen LogP contribution in [0.15, 0.2) is 20.3 Å². The summed E-state index contributed by atoms with van der Waals surface area (Å²) in [5.41, 5.74) is -2.09.